The highest BCUT2D eigenvalue weighted by molar-refractivity contribution is 9.10. The molecule has 0 fully saturated rings. The van der Waals surface area contributed by atoms with Crippen molar-refractivity contribution >= 4 is 21.6 Å². The second kappa shape index (κ2) is 7.51. The van der Waals surface area contributed by atoms with Gasteiger partial charge in [-0.25, -0.2) is 0 Å². The Hall–Kier alpha value is -1.48. The third kappa shape index (κ3) is 4.01. The van der Waals surface area contributed by atoms with Crippen LogP contribution in [0.2, 0.25) is 0 Å². The normalized spacial score (nSPS) is 12.0. The molecule has 0 saturated heterocycles. The third-order valence-electron chi connectivity index (χ3n) is 3.58. The van der Waals surface area contributed by atoms with Crippen LogP contribution >= 0.6 is 15.9 Å². The van der Waals surface area contributed by atoms with Gasteiger partial charge in [-0.3, -0.25) is 0 Å². The fraction of sp³-hybridized carbons (Fsp3) is 0.333. The van der Waals surface area contributed by atoms with Crippen LogP contribution in [0.15, 0.2) is 46.9 Å². The van der Waals surface area contributed by atoms with Crippen molar-refractivity contribution in [1.82, 2.24) is 0 Å². The maximum Gasteiger partial charge on any atom is 0.143 e. The summed E-state index contributed by atoms with van der Waals surface area (Å²) in [6.45, 7) is 4.31. The van der Waals surface area contributed by atoms with Gasteiger partial charge >= 0.3 is 0 Å². The van der Waals surface area contributed by atoms with Crippen LogP contribution in [0.5, 0.6) is 5.75 Å². The highest BCUT2D eigenvalue weighted by atomic mass is 79.9. The van der Waals surface area contributed by atoms with Crippen LogP contribution in [-0.4, -0.2) is 7.11 Å². The number of rotatable bonds is 6. The van der Waals surface area contributed by atoms with Gasteiger partial charge in [0.15, 0.2) is 0 Å². The minimum atomic E-state index is 0.296. The Balaban J connectivity index is 2.33. The Bertz CT molecular complexity index is 583. The zero-order valence-electron chi connectivity index (χ0n) is 12.8. The van der Waals surface area contributed by atoms with Gasteiger partial charge in [-0.1, -0.05) is 59.6 Å². The number of ether oxygens (including phenoxy) is 1. The van der Waals surface area contributed by atoms with Gasteiger partial charge in [0.05, 0.1) is 18.8 Å². The molecule has 3 heteroatoms. The molecule has 0 aliphatic heterocycles. The molecule has 2 aromatic carbocycles. The van der Waals surface area contributed by atoms with Crippen LogP contribution in [0, 0.1) is 6.92 Å². The SMILES string of the molecule is CCCC(Nc1c(C)cc(Br)cc1OC)c1ccccc1. The first-order valence-electron chi connectivity index (χ1n) is 7.31. The summed E-state index contributed by atoms with van der Waals surface area (Å²) in [6, 6.07) is 15.0. The average Bonchev–Trinajstić information content (AvgIpc) is 2.49. The van der Waals surface area contributed by atoms with E-state index < -0.39 is 0 Å². The van der Waals surface area contributed by atoms with Crippen LogP contribution in [0.4, 0.5) is 5.69 Å². The van der Waals surface area contributed by atoms with E-state index in [0.29, 0.717) is 6.04 Å². The van der Waals surface area contributed by atoms with Crippen LogP contribution in [0.1, 0.15) is 36.9 Å². The van der Waals surface area contributed by atoms with E-state index in [9.17, 15) is 0 Å². The van der Waals surface area contributed by atoms with E-state index in [4.69, 9.17) is 4.74 Å². The van der Waals surface area contributed by atoms with E-state index in [1.54, 1.807) is 7.11 Å². The molecule has 0 aromatic heterocycles. The Morgan fingerprint density at radius 2 is 1.90 bits per heavy atom. The van der Waals surface area contributed by atoms with Crippen molar-refractivity contribution in [1.29, 1.82) is 0 Å². The average molecular weight is 348 g/mol. The van der Waals surface area contributed by atoms with Gasteiger partial charge < -0.3 is 10.1 Å². The molecule has 2 rings (SSSR count). The standard InChI is InChI=1S/C18H22BrNO/c1-4-8-16(14-9-6-5-7-10-14)20-18-13(2)11-15(19)12-17(18)21-3/h5-7,9-12,16,20H,4,8H2,1-3H3. The smallest absolute Gasteiger partial charge is 0.143 e. The van der Waals surface area contributed by atoms with Gasteiger partial charge in [-0.05, 0) is 36.6 Å². The summed E-state index contributed by atoms with van der Waals surface area (Å²) in [5.74, 6) is 0.874. The molecule has 0 spiro atoms. The van der Waals surface area contributed by atoms with E-state index >= 15 is 0 Å². The van der Waals surface area contributed by atoms with Crippen LogP contribution in [0.3, 0.4) is 0 Å². The first-order chi connectivity index (χ1) is 10.2. The third-order valence-corrected chi connectivity index (χ3v) is 4.04. The molecular weight excluding hydrogens is 326 g/mol. The quantitative estimate of drug-likeness (QED) is 0.721. The van der Waals surface area contributed by atoms with Crippen molar-refractivity contribution in [2.24, 2.45) is 0 Å². The summed E-state index contributed by atoms with van der Waals surface area (Å²) < 4.78 is 6.57. The summed E-state index contributed by atoms with van der Waals surface area (Å²) >= 11 is 3.52. The molecule has 0 radical (unpaired) electrons. The fourth-order valence-electron chi connectivity index (χ4n) is 2.53. The molecule has 0 aliphatic rings. The Morgan fingerprint density at radius 3 is 2.52 bits per heavy atom. The highest BCUT2D eigenvalue weighted by Crippen LogP contribution is 2.35. The molecule has 0 saturated carbocycles. The Kier molecular flexibility index (Phi) is 5.68. The Labute approximate surface area is 135 Å². The number of anilines is 1. The summed E-state index contributed by atoms with van der Waals surface area (Å²) in [5, 5.41) is 3.67. The van der Waals surface area contributed by atoms with Gasteiger partial charge in [0.1, 0.15) is 5.75 Å². The largest absolute Gasteiger partial charge is 0.495 e. The van der Waals surface area contributed by atoms with Crippen molar-refractivity contribution < 1.29 is 4.74 Å². The summed E-state index contributed by atoms with van der Waals surface area (Å²) in [5.41, 5.74) is 3.56. The molecule has 2 aromatic rings. The number of hydrogen-bond donors (Lipinski definition) is 1. The number of aryl methyl sites for hydroxylation is 1. The first kappa shape index (κ1) is 15.9. The molecule has 21 heavy (non-hydrogen) atoms. The molecule has 1 N–H and O–H groups in total. The minimum Gasteiger partial charge on any atom is -0.495 e. The molecule has 112 valence electrons. The predicted octanol–water partition coefficient (Wildman–Crippen LogP) is 5.72. The maximum atomic E-state index is 5.53. The minimum absolute atomic E-state index is 0.296. The first-order valence-corrected chi connectivity index (χ1v) is 8.10. The second-order valence-electron chi connectivity index (χ2n) is 5.20. The van der Waals surface area contributed by atoms with Crippen LogP contribution in [0.25, 0.3) is 0 Å². The van der Waals surface area contributed by atoms with Crippen LogP contribution < -0.4 is 10.1 Å². The molecule has 0 amide bonds. The summed E-state index contributed by atoms with van der Waals surface area (Å²) in [6.07, 6.45) is 2.22. The number of benzene rings is 2. The summed E-state index contributed by atoms with van der Waals surface area (Å²) in [7, 11) is 1.71. The number of hydrogen-bond acceptors (Lipinski definition) is 2. The lowest BCUT2D eigenvalue weighted by Crippen LogP contribution is -2.12. The van der Waals surface area contributed by atoms with E-state index in [2.05, 4.69) is 71.5 Å². The number of halogens is 1. The van der Waals surface area contributed by atoms with E-state index in [0.717, 1.165) is 28.8 Å². The topological polar surface area (TPSA) is 21.3 Å². The van der Waals surface area contributed by atoms with Gasteiger partial charge in [0, 0.05) is 4.47 Å². The van der Waals surface area contributed by atoms with Crippen molar-refractivity contribution in [2.45, 2.75) is 32.7 Å². The summed E-state index contributed by atoms with van der Waals surface area (Å²) in [4.78, 5) is 0. The van der Waals surface area contributed by atoms with Gasteiger partial charge in [-0.2, -0.15) is 0 Å². The Morgan fingerprint density at radius 1 is 1.19 bits per heavy atom. The van der Waals surface area contributed by atoms with Gasteiger partial charge in [0.2, 0.25) is 0 Å². The molecule has 1 atom stereocenters. The number of nitrogens with one attached hydrogen (secondary N) is 1. The fourth-order valence-corrected chi connectivity index (χ4v) is 3.08. The molecule has 0 heterocycles. The highest BCUT2D eigenvalue weighted by Gasteiger charge is 2.15. The monoisotopic (exact) mass is 347 g/mol. The lowest BCUT2D eigenvalue weighted by molar-refractivity contribution is 0.415. The molecule has 1 unspecified atom stereocenters. The predicted molar refractivity (Wildman–Crippen MR) is 93.1 cm³/mol. The van der Waals surface area contributed by atoms with Gasteiger partial charge in [-0.15, -0.1) is 0 Å². The van der Waals surface area contributed by atoms with Crippen molar-refractivity contribution in [3.05, 3.63) is 58.1 Å². The lowest BCUT2D eigenvalue weighted by Gasteiger charge is -2.23. The van der Waals surface area contributed by atoms with E-state index in [1.165, 1.54) is 11.1 Å². The molecule has 2 nitrogen and oxygen atoms in total. The van der Waals surface area contributed by atoms with E-state index in [1.807, 2.05) is 6.07 Å². The van der Waals surface area contributed by atoms with E-state index in [-0.39, 0.29) is 0 Å². The molecule has 0 aliphatic carbocycles. The molecule has 0 bridgehead atoms. The van der Waals surface area contributed by atoms with Crippen molar-refractivity contribution in [3.63, 3.8) is 0 Å². The maximum absolute atomic E-state index is 5.53. The van der Waals surface area contributed by atoms with Crippen molar-refractivity contribution in [2.75, 3.05) is 12.4 Å². The van der Waals surface area contributed by atoms with Crippen LogP contribution in [-0.2, 0) is 0 Å². The molecular formula is C18H22BrNO. The number of methoxy groups -OCH3 is 1. The van der Waals surface area contributed by atoms with Crippen molar-refractivity contribution in [3.8, 4) is 5.75 Å². The second-order valence-corrected chi connectivity index (χ2v) is 6.11. The zero-order chi connectivity index (χ0) is 15.2. The zero-order valence-corrected chi connectivity index (χ0v) is 14.4. The lowest BCUT2D eigenvalue weighted by atomic mass is 10.0. The van der Waals surface area contributed by atoms with Gasteiger partial charge in [0.25, 0.3) is 0 Å².